The quantitative estimate of drug-likeness (QED) is 0.735. The first-order valence-electron chi connectivity index (χ1n) is 5.52. The van der Waals surface area contributed by atoms with Crippen molar-refractivity contribution in [3.63, 3.8) is 0 Å². The Bertz CT molecular complexity index is 427. The number of nitrogens with zero attached hydrogens (tertiary/aromatic N) is 1. The second-order valence-electron chi connectivity index (χ2n) is 4.34. The summed E-state index contributed by atoms with van der Waals surface area (Å²) in [5.74, 6) is -1.55. The summed E-state index contributed by atoms with van der Waals surface area (Å²) < 4.78 is 0. The molecule has 0 atom stereocenters. The molecule has 5 heteroatoms. The maximum absolute atomic E-state index is 11.2. The summed E-state index contributed by atoms with van der Waals surface area (Å²) in [6.45, 7) is 0.468. The number of hydrogen-bond donors (Lipinski definition) is 2. The Balaban J connectivity index is 1.91. The molecule has 0 spiro atoms. The number of amides is 1. The average Bonchev–Trinajstić information content (AvgIpc) is 3.08. The van der Waals surface area contributed by atoms with E-state index in [1.807, 2.05) is 18.2 Å². The number of aliphatic carboxylic acids is 1. The molecule has 1 saturated carbocycles. The molecule has 0 bridgehead atoms. The third-order valence-electron chi connectivity index (χ3n) is 3.00. The van der Waals surface area contributed by atoms with E-state index in [2.05, 4.69) is 10.3 Å². The lowest BCUT2D eigenvalue weighted by atomic mass is 10.0. The molecule has 0 unspecified atom stereocenters. The normalized spacial score (nSPS) is 16.2. The van der Waals surface area contributed by atoms with Gasteiger partial charge in [0.1, 0.15) is 6.42 Å². The van der Waals surface area contributed by atoms with Gasteiger partial charge in [-0.25, -0.2) is 0 Å². The molecule has 5 nitrogen and oxygen atoms in total. The molecule has 2 N–H and O–H groups in total. The Morgan fingerprint density at radius 1 is 1.41 bits per heavy atom. The van der Waals surface area contributed by atoms with Gasteiger partial charge in [0.2, 0.25) is 5.91 Å². The van der Waals surface area contributed by atoms with Gasteiger partial charge in [-0.2, -0.15) is 0 Å². The molecule has 17 heavy (non-hydrogen) atoms. The van der Waals surface area contributed by atoms with Gasteiger partial charge in [0.05, 0.1) is 0 Å². The van der Waals surface area contributed by atoms with Crippen LogP contribution in [-0.2, 0) is 15.0 Å². The van der Waals surface area contributed by atoms with E-state index < -0.39 is 18.3 Å². The first-order chi connectivity index (χ1) is 8.12. The molecule has 1 heterocycles. The Morgan fingerprint density at radius 3 is 2.71 bits per heavy atom. The minimum Gasteiger partial charge on any atom is -0.481 e. The fraction of sp³-hybridized carbons (Fsp3) is 0.417. The number of carboxylic acid groups (broad SMARTS) is 1. The Hall–Kier alpha value is -1.91. The molecule has 1 aliphatic rings. The van der Waals surface area contributed by atoms with Crippen molar-refractivity contribution in [3.8, 4) is 0 Å². The predicted molar refractivity (Wildman–Crippen MR) is 60.4 cm³/mol. The molecule has 0 saturated heterocycles. The molecule has 1 aromatic heterocycles. The van der Waals surface area contributed by atoms with E-state index >= 15 is 0 Å². The number of carbonyl (C=O) groups is 2. The summed E-state index contributed by atoms with van der Waals surface area (Å²) >= 11 is 0. The van der Waals surface area contributed by atoms with E-state index in [1.54, 1.807) is 6.20 Å². The van der Waals surface area contributed by atoms with Gasteiger partial charge < -0.3 is 10.4 Å². The number of rotatable bonds is 5. The molecule has 1 aromatic rings. The van der Waals surface area contributed by atoms with Crippen LogP contribution in [-0.4, -0.2) is 28.5 Å². The summed E-state index contributed by atoms with van der Waals surface area (Å²) in [6, 6.07) is 5.71. The maximum Gasteiger partial charge on any atom is 0.312 e. The monoisotopic (exact) mass is 234 g/mol. The predicted octanol–water partition coefficient (Wildman–Crippen LogP) is 0.704. The zero-order valence-corrected chi connectivity index (χ0v) is 9.35. The van der Waals surface area contributed by atoms with Crippen LogP contribution in [0.5, 0.6) is 0 Å². The van der Waals surface area contributed by atoms with Gasteiger partial charge in [-0.05, 0) is 25.0 Å². The molecular weight excluding hydrogens is 220 g/mol. The van der Waals surface area contributed by atoms with Gasteiger partial charge in [-0.15, -0.1) is 0 Å². The van der Waals surface area contributed by atoms with E-state index in [9.17, 15) is 9.59 Å². The van der Waals surface area contributed by atoms with E-state index in [-0.39, 0.29) is 5.41 Å². The van der Waals surface area contributed by atoms with Crippen LogP contribution in [0, 0.1) is 0 Å². The van der Waals surface area contributed by atoms with Crippen LogP contribution >= 0.6 is 0 Å². The zero-order chi connectivity index (χ0) is 12.3. The third-order valence-corrected chi connectivity index (χ3v) is 3.00. The fourth-order valence-electron chi connectivity index (χ4n) is 1.82. The molecule has 0 radical (unpaired) electrons. The number of nitrogens with one attached hydrogen (secondary N) is 1. The second kappa shape index (κ2) is 4.53. The highest BCUT2D eigenvalue weighted by Crippen LogP contribution is 2.46. The van der Waals surface area contributed by atoms with Crippen LogP contribution < -0.4 is 5.32 Å². The average molecular weight is 234 g/mol. The number of hydrogen-bond acceptors (Lipinski definition) is 3. The van der Waals surface area contributed by atoms with Crippen molar-refractivity contribution in [3.05, 3.63) is 30.1 Å². The number of pyridine rings is 1. The summed E-state index contributed by atoms with van der Waals surface area (Å²) in [7, 11) is 0. The van der Waals surface area contributed by atoms with E-state index in [1.165, 1.54) is 0 Å². The van der Waals surface area contributed by atoms with Crippen molar-refractivity contribution in [2.45, 2.75) is 24.7 Å². The van der Waals surface area contributed by atoms with Crippen LogP contribution in [0.25, 0.3) is 0 Å². The SMILES string of the molecule is O=C(O)CC(=O)NCC1(c2ccccn2)CC1. The topological polar surface area (TPSA) is 79.3 Å². The first-order valence-corrected chi connectivity index (χ1v) is 5.52. The Kier molecular flexibility index (Phi) is 3.08. The largest absolute Gasteiger partial charge is 0.481 e. The van der Waals surface area contributed by atoms with Crippen molar-refractivity contribution in [1.82, 2.24) is 10.3 Å². The lowest BCUT2D eigenvalue weighted by Gasteiger charge is -2.14. The number of carbonyl (C=O) groups excluding carboxylic acids is 1. The summed E-state index contributed by atoms with van der Waals surface area (Å²) in [4.78, 5) is 25.9. The van der Waals surface area contributed by atoms with Crippen molar-refractivity contribution < 1.29 is 14.7 Å². The minimum absolute atomic E-state index is 0.0740. The molecule has 1 amide bonds. The highest BCUT2D eigenvalue weighted by molar-refractivity contribution is 5.93. The van der Waals surface area contributed by atoms with Crippen molar-refractivity contribution in [2.75, 3.05) is 6.54 Å². The fourth-order valence-corrected chi connectivity index (χ4v) is 1.82. The number of carboxylic acids is 1. The van der Waals surface area contributed by atoms with Gasteiger partial charge in [0.25, 0.3) is 0 Å². The van der Waals surface area contributed by atoms with Gasteiger partial charge >= 0.3 is 5.97 Å². The Labute approximate surface area is 98.9 Å². The maximum atomic E-state index is 11.2. The van der Waals surface area contributed by atoms with Gasteiger partial charge in [0.15, 0.2) is 0 Å². The van der Waals surface area contributed by atoms with Gasteiger partial charge in [0, 0.05) is 23.9 Å². The van der Waals surface area contributed by atoms with Crippen molar-refractivity contribution in [2.24, 2.45) is 0 Å². The van der Waals surface area contributed by atoms with E-state index in [4.69, 9.17) is 5.11 Å². The van der Waals surface area contributed by atoms with Crippen molar-refractivity contribution in [1.29, 1.82) is 0 Å². The molecule has 0 aromatic carbocycles. The highest BCUT2D eigenvalue weighted by atomic mass is 16.4. The third kappa shape index (κ3) is 2.81. The highest BCUT2D eigenvalue weighted by Gasteiger charge is 2.45. The van der Waals surface area contributed by atoms with Crippen LogP contribution in [0.15, 0.2) is 24.4 Å². The molecule has 0 aliphatic heterocycles. The molecule has 90 valence electrons. The lowest BCUT2D eigenvalue weighted by molar-refractivity contribution is -0.140. The van der Waals surface area contributed by atoms with Crippen LogP contribution in [0.1, 0.15) is 25.0 Å². The van der Waals surface area contributed by atoms with Crippen LogP contribution in [0.4, 0.5) is 0 Å². The second-order valence-corrected chi connectivity index (χ2v) is 4.34. The molecule has 2 rings (SSSR count). The Morgan fingerprint density at radius 2 is 2.18 bits per heavy atom. The minimum atomic E-state index is -1.11. The van der Waals surface area contributed by atoms with Crippen LogP contribution in [0.3, 0.4) is 0 Å². The first kappa shape index (κ1) is 11.6. The smallest absolute Gasteiger partial charge is 0.312 e. The van der Waals surface area contributed by atoms with Crippen LogP contribution in [0.2, 0.25) is 0 Å². The van der Waals surface area contributed by atoms with Gasteiger partial charge in [-0.1, -0.05) is 6.07 Å². The molecular formula is C12H14N2O3. The van der Waals surface area contributed by atoms with E-state index in [0.29, 0.717) is 6.54 Å². The number of aromatic nitrogens is 1. The summed E-state index contributed by atoms with van der Waals surface area (Å²) in [5.41, 5.74) is 0.894. The molecule has 1 fully saturated rings. The molecule has 1 aliphatic carbocycles. The summed E-state index contributed by atoms with van der Waals surface area (Å²) in [5, 5.41) is 11.1. The van der Waals surface area contributed by atoms with Crippen molar-refractivity contribution >= 4 is 11.9 Å². The van der Waals surface area contributed by atoms with E-state index in [0.717, 1.165) is 18.5 Å². The zero-order valence-electron chi connectivity index (χ0n) is 9.35. The lowest BCUT2D eigenvalue weighted by Crippen LogP contribution is -2.33. The summed E-state index contributed by atoms with van der Waals surface area (Å²) in [6.07, 6.45) is 3.22. The van der Waals surface area contributed by atoms with Gasteiger partial charge in [-0.3, -0.25) is 14.6 Å². The standard InChI is InChI=1S/C12H14N2O3/c15-10(7-11(16)17)14-8-12(4-5-12)9-3-1-2-6-13-9/h1-3,6H,4-5,7-8H2,(H,14,15)(H,16,17).